The fraction of sp³-hybridized carbons (Fsp3) is 0.500. The molecule has 0 aliphatic rings. The molecule has 1 N–H and O–H groups in total. The number of carboxylic acids is 1. The lowest BCUT2D eigenvalue weighted by atomic mass is 9.95. The fourth-order valence-electron chi connectivity index (χ4n) is 1.81. The largest absolute Gasteiger partial charge is 0.478 e. The van der Waals surface area contributed by atoms with E-state index in [0.29, 0.717) is 10.5 Å². The van der Waals surface area contributed by atoms with Crippen molar-refractivity contribution in [3.8, 4) is 0 Å². The zero-order valence-electron chi connectivity index (χ0n) is 9.97. The van der Waals surface area contributed by atoms with Gasteiger partial charge in [0, 0.05) is 5.69 Å². The molecule has 1 heterocycles. The zero-order valence-corrected chi connectivity index (χ0v) is 11.6. The predicted molar refractivity (Wildman–Crippen MR) is 66.9 cm³/mol. The van der Waals surface area contributed by atoms with Gasteiger partial charge in [0.15, 0.2) is 0 Å². The van der Waals surface area contributed by atoms with Crippen molar-refractivity contribution < 1.29 is 9.90 Å². The Morgan fingerprint density at radius 3 is 2.44 bits per heavy atom. The second-order valence-corrected chi connectivity index (χ2v) is 5.12. The van der Waals surface area contributed by atoms with Gasteiger partial charge in [-0.1, -0.05) is 13.8 Å². The number of rotatable bonds is 3. The first-order valence-electron chi connectivity index (χ1n) is 5.23. The molecule has 0 radical (unpaired) electrons. The average molecular weight is 286 g/mol. The van der Waals surface area contributed by atoms with Crippen LogP contribution in [-0.2, 0) is 6.42 Å². The van der Waals surface area contributed by atoms with Crippen molar-refractivity contribution in [2.75, 3.05) is 0 Å². The number of hydrogen-bond acceptors (Lipinski definition) is 2. The van der Waals surface area contributed by atoms with Crippen molar-refractivity contribution >= 4 is 21.9 Å². The van der Waals surface area contributed by atoms with Gasteiger partial charge < -0.3 is 5.11 Å². The summed E-state index contributed by atoms with van der Waals surface area (Å²) in [4.78, 5) is 15.4. The van der Waals surface area contributed by atoms with E-state index in [0.717, 1.165) is 23.2 Å². The Hall–Kier alpha value is -0.900. The Morgan fingerprint density at radius 2 is 2.00 bits per heavy atom. The van der Waals surface area contributed by atoms with Gasteiger partial charge in [0.25, 0.3) is 0 Å². The Bertz CT molecular complexity index is 428. The molecule has 0 aliphatic heterocycles. The predicted octanol–water partition coefficient (Wildman–Crippen LogP) is 3.36. The lowest BCUT2D eigenvalue weighted by molar-refractivity contribution is 0.0694. The van der Waals surface area contributed by atoms with Crippen molar-refractivity contribution in [1.82, 2.24) is 4.98 Å². The van der Waals surface area contributed by atoms with Crippen molar-refractivity contribution in [3.63, 3.8) is 0 Å². The summed E-state index contributed by atoms with van der Waals surface area (Å²) in [6.07, 6.45) is 0.859. The highest BCUT2D eigenvalue weighted by atomic mass is 79.9. The molecule has 0 bridgehead atoms. The number of nitrogens with zero attached hydrogens (tertiary/aromatic N) is 1. The van der Waals surface area contributed by atoms with E-state index in [-0.39, 0.29) is 5.56 Å². The summed E-state index contributed by atoms with van der Waals surface area (Å²) in [7, 11) is 0. The van der Waals surface area contributed by atoms with Crippen molar-refractivity contribution in [1.29, 1.82) is 0 Å². The first-order valence-corrected chi connectivity index (χ1v) is 6.02. The van der Waals surface area contributed by atoms with E-state index in [1.165, 1.54) is 0 Å². The third kappa shape index (κ3) is 2.61. The third-order valence-corrected chi connectivity index (χ3v) is 3.14. The standard InChI is InChI=1S/C12H16BrNO2/c1-6(2)5-9-7(3)10(12(15)16)11(13)14-8(9)4/h6H,5H2,1-4H3,(H,15,16). The summed E-state index contributed by atoms with van der Waals surface area (Å²) in [6, 6.07) is 0. The van der Waals surface area contributed by atoms with Gasteiger partial charge in [-0.3, -0.25) is 0 Å². The summed E-state index contributed by atoms with van der Waals surface area (Å²) < 4.78 is 0.419. The Balaban J connectivity index is 3.39. The molecule has 1 rings (SSSR count). The van der Waals surface area contributed by atoms with Crippen LogP contribution >= 0.6 is 15.9 Å². The molecule has 0 spiro atoms. The normalized spacial score (nSPS) is 10.9. The van der Waals surface area contributed by atoms with E-state index in [2.05, 4.69) is 34.8 Å². The molecule has 1 aromatic rings. The average Bonchev–Trinajstić information content (AvgIpc) is 2.10. The van der Waals surface area contributed by atoms with Crippen molar-refractivity contribution in [2.24, 2.45) is 5.92 Å². The monoisotopic (exact) mass is 285 g/mol. The van der Waals surface area contributed by atoms with E-state index in [1.807, 2.05) is 13.8 Å². The number of aromatic carboxylic acids is 1. The molecule has 0 aliphatic carbocycles. The lowest BCUT2D eigenvalue weighted by Crippen LogP contribution is -2.10. The van der Waals surface area contributed by atoms with E-state index in [4.69, 9.17) is 5.11 Å². The van der Waals surface area contributed by atoms with Crippen LogP contribution in [0.4, 0.5) is 0 Å². The van der Waals surface area contributed by atoms with E-state index < -0.39 is 5.97 Å². The van der Waals surface area contributed by atoms with Crippen LogP contribution in [0.15, 0.2) is 4.60 Å². The molecule has 0 aromatic carbocycles. The highest BCUT2D eigenvalue weighted by Crippen LogP contribution is 2.25. The summed E-state index contributed by atoms with van der Waals surface area (Å²) in [5.74, 6) is -0.441. The molecule has 0 amide bonds. The van der Waals surface area contributed by atoms with Crippen LogP contribution < -0.4 is 0 Å². The molecule has 0 unspecified atom stereocenters. The second-order valence-electron chi connectivity index (χ2n) is 4.37. The number of halogens is 1. The van der Waals surface area contributed by atoms with Crippen molar-refractivity contribution in [3.05, 3.63) is 27.0 Å². The Labute approximate surface area is 104 Å². The number of aromatic nitrogens is 1. The smallest absolute Gasteiger partial charge is 0.338 e. The van der Waals surface area contributed by atoms with Gasteiger partial charge in [0.1, 0.15) is 4.60 Å². The number of carbonyl (C=O) groups is 1. The van der Waals surface area contributed by atoms with E-state index in [9.17, 15) is 4.79 Å². The van der Waals surface area contributed by atoms with Crippen LogP contribution in [-0.4, -0.2) is 16.1 Å². The number of pyridine rings is 1. The molecule has 0 saturated heterocycles. The minimum atomic E-state index is -0.929. The summed E-state index contributed by atoms with van der Waals surface area (Å²) in [6.45, 7) is 7.99. The van der Waals surface area contributed by atoms with E-state index in [1.54, 1.807) is 0 Å². The zero-order chi connectivity index (χ0) is 12.5. The maximum absolute atomic E-state index is 11.1. The highest BCUT2D eigenvalue weighted by Gasteiger charge is 2.18. The summed E-state index contributed by atoms with van der Waals surface area (Å²) >= 11 is 3.21. The van der Waals surface area contributed by atoms with Gasteiger partial charge in [-0.15, -0.1) is 0 Å². The molecule has 0 fully saturated rings. The number of aryl methyl sites for hydroxylation is 1. The van der Waals surface area contributed by atoms with Gasteiger partial charge in [-0.05, 0) is 53.2 Å². The van der Waals surface area contributed by atoms with Gasteiger partial charge in [-0.25, -0.2) is 9.78 Å². The van der Waals surface area contributed by atoms with Crippen LogP contribution in [0, 0.1) is 19.8 Å². The minimum absolute atomic E-state index is 0.279. The van der Waals surface area contributed by atoms with E-state index >= 15 is 0 Å². The second kappa shape index (κ2) is 4.95. The molecule has 16 heavy (non-hydrogen) atoms. The molecule has 0 saturated carbocycles. The molecule has 4 heteroatoms. The summed E-state index contributed by atoms with van der Waals surface area (Å²) in [5.41, 5.74) is 3.06. The fourth-order valence-corrected chi connectivity index (χ4v) is 2.54. The van der Waals surface area contributed by atoms with Crippen molar-refractivity contribution in [2.45, 2.75) is 34.1 Å². The lowest BCUT2D eigenvalue weighted by Gasteiger charge is -2.14. The Morgan fingerprint density at radius 1 is 1.44 bits per heavy atom. The Kier molecular flexibility index (Phi) is 4.08. The minimum Gasteiger partial charge on any atom is -0.478 e. The van der Waals surface area contributed by atoms with Gasteiger partial charge in [-0.2, -0.15) is 0 Å². The number of hydrogen-bond donors (Lipinski definition) is 1. The first kappa shape index (κ1) is 13.2. The van der Waals surface area contributed by atoms with Gasteiger partial charge in [0.2, 0.25) is 0 Å². The van der Waals surface area contributed by atoms with Gasteiger partial charge in [0.05, 0.1) is 5.56 Å². The molecule has 88 valence electrons. The van der Waals surface area contributed by atoms with Crippen LogP contribution in [0.25, 0.3) is 0 Å². The SMILES string of the molecule is Cc1nc(Br)c(C(=O)O)c(C)c1CC(C)C. The van der Waals surface area contributed by atoms with Crippen LogP contribution in [0.2, 0.25) is 0 Å². The maximum Gasteiger partial charge on any atom is 0.338 e. The van der Waals surface area contributed by atoms with Crippen LogP contribution in [0.3, 0.4) is 0 Å². The van der Waals surface area contributed by atoms with Crippen LogP contribution in [0.1, 0.15) is 41.0 Å². The molecule has 0 atom stereocenters. The van der Waals surface area contributed by atoms with Crippen LogP contribution in [0.5, 0.6) is 0 Å². The highest BCUT2D eigenvalue weighted by molar-refractivity contribution is 9.10. The quantitative estimate of drug-likeness (QED) is 0.867. The first-order chi connectivity index (χ1) is 7.34. The topological polar surface area (TPSA) is 50.2 Å². The third-order valence-electron chi connectivity index (χ3n) is 2.56. The van der Waals surface area contributed by atoms with Gasteiger partial charge >= 0.3 is 5.97 Å². The number of carboxylic acid groups (broad SMARTS) is 1. The maximum atomic E-state index is 11.1. The molecular formula is C12H16BrNO2. The molecular weight excluding hydrogens is 270 g/mol. The molecule has 1 aromatic heterocycles. The molecule has 3 nitrogen and oxygen atoms in total. The summed E-state index contributed by atoms with van der Waals surface area (Å²) in [5, 5.41) is 9.13.